The van der Waals surface area contributed by atoms with Gasteiger partial charge in [-0.1, -0.05) is 0 Å². The maximum Gasteiger partial charge on any atom is 0.266 e. The maximum absolute atomic E-state index is 11.6. The van der Waals surface area contributed by atoms with E-state index in [1.165, 1.54) is 4.68 Å². The molecule has 0 saturated heterocycles. The lowest BCUT2D eigenvalue weighted by molar-refractivity contribution is 0.0808. The number of carbonyl (C=O) groups excluding carboxylic acids is 1. The molecule has 0 amide bonds. The van der Waals surface area contributed by atoms with E-state index >= 15 is 0 Å². The molecule has 5 nitrogen and oxygen atoms in total. The van der Waals surface area contributed by atoms with Gasteiger partial charge < -0.3 is 11.5 Å². The molecule has 0 fully saturated rings. The summed E-state index contributed by atoms with van der Waals surface area (Å²) >= 11 is 0. The summed E-state index contributed by atoms with van der Waals surface area (Å²) in [4.78, 5) is 11.6. The first-order chi connectivity index (χ1) is 5.82. The Bertz CT molecular complexity index is 334. The SMILES string of the molecule is Cc1cc(N)nn1C(=O)C(C)(C)N. The molecule has 1 aromatic heterocycles. The summed E-state index contributed by atoms with van der Waals surface area (Å²) in [7, 11) is 0. The van der Waals surface area contributed by atoms with Crippen molar-refractivity contribution in [1.29, 1.82) is 0 Å². The Morgan fingerprint density at radius 3 is 2.46 bits per heavy atom. The van der Waals surface area contributed by atoms with Gasteiger partial charge in [0.1, 0.15) is 5.82 Å². The Hall–Kier alpha value is -1.36. The van der Waals surface area contributed by atoms with Gasteiger partial charge in [0, 0.05) is 11.8 Å². The van der Waals surface area contributed by atoms with Crippen LogP contribution in [0.15, 0.2) is 6.07 Å². The van der Waals surface area contributed by atoms with Crippen molar-refractivity contribution >= 4 is 11.7 Å². The van der Waals surface area contributed by atoms with Gasteiger partial charge in [-0.05, 0) is 20.8 Å². The summed E-state index contributed by atoms with van der Waals surface area (Å²) in [6.07, 6.45) is 0. The zero-order valence-corrected chi connectivity index (χ0v) is 8.03. The molecule has 5 heteroatoms. The van der Waals surface area contributed by atoms with Crippen molar-refractivity contribution in [2.75, 3.05) is 5.73 Å². The van der Waals surface area contributed by atoms with Crippen molar-refractivity contribution in [2.45, 2.75) is 26.3 Å². The van der Waals surface area contributed by atoms with E-state index in [0.717, 1.165) is 0 Å². The van der Waals surface area contributed by atoms with E-state index in [2.05, 4.69) is 5.10 Å². The Morgan fingerprint density at radius 2 is 2.15 bits per heavy atom. The van der Waals surface area contributed by atoms with Crippen molar-refractivity contribution in [3.8, 4) is 0 Å². The molecule has 0 bridgehead atoms. The number of aryl methyl sites for hydroxylation is 1. The number of nitrogens with zero attached hydrogens (tertiary/aromatic N) is 2. The quantitative estimate of drug-likeness (QED) is 0.647. The summed E-state index contributed by atoms with van der Waals surface area (Å²) < 4.78 is 1.23. The van der Waals surface area contributed by atoms with Crippen LogP contribution in [0.1, 0.15) is 24.3 Å². The Labute approximate surface area is 76.7 Å². The fraction of sp³-hybridized carbons (Fsp3) is 0.500. The van der Waals surface area contributed by atoms with Crippen molar-refractivity contribution in [2.24, 2.45) is 5.73 Å². The van der Waals surface area contributed by atoms with Crippen LogP contribution in [-0.4, -0.2) is 21.2 Å². The number of hydrogen-bond acceptors (Lipinski definition) is 4. The normalized spacial score (nSPS) is 11.7. The van der Waals surface area contributed by atoms with Crippen LogP contribution in [0.2, 0.25) is 0 Å². The number of hydrogen-bond donors (Lipinski definition) is 2. The van der Waals surface area contributed by atoms with Crippen molar-refractivity contribution in [3.63, 3.8) is 0 Å². The highest BCUT2D eigenvalue weighted by atomic mass is 16.2. The monoisotopic (exact) mass is 182 g/mol. The predicted octanol–water partition coefficient (Wildman–Crippen LogP) is 0.151. The molecule has 72 valence electrons. The summed E-state index contributed by atoms with van der Waals surface area (Å²) in [5.41, 5.74) is 10.8. The average molecular weight is 182 g/mol. The van der Waals surface area contributed by atoms with Crippen molar-refractivity contribution in [1.82, 2.24) is 9.78 Å². The molecule has 0 spiro atoms. The molecule has 0 aliphatic rings. The lowest BCUT2D eigenvalue weighted by Gasteiger charge is -2.16. The minimum Gasteiger partial charge on any atom is -0.382 e. The first-order valence-corrected chi connectivity index (χ1v) is 3.98. The summed E-state index contributed by atoms with van der Waals surface area (Å²) in [5, 5.41) is 3.84. The van der Waals surface area contributed by atoms with Gasteiger partial charge in [0.2, 0.25) is 0 Å². The molecule has 1 aromatic rings. The molecule has 0 aliphatic heterocycles. The Morgan fingerprint density at radius 1 is 1.62 bits per heavy atom. The zero-order chi connectivity index (χ0) is 10.2. The molecule has 0 radical (unpaired) electrons. The molecule has 0 aliphatic carbocycles. The van der Waals surface area contributed by atoms with Crippen molar-refractivity contribution < 1.29 is 4.79 Å². The summed E-state index contributed by atoms with van der Waals surface area (Å²) in [6, 6.07) is 1.63. The van der Waals surface area contributed by atoms with Gasteiger partial charge in [-0.25, -0.2) is 4.68 Å². The summed E-state index contributed by atoms with van der Waals surface area (Å²) in [6.45, 7) is 5.02. The minimum absolute atomic E-state index is 0.262. The number of nitrogens with two attached hydrogens (primary N) is 2. The maximum atomic E-state index is 11.6. The highest BCUT2D eigenvalue weighted by Gasteiger charge is 2.25. The second-order valence-corrected chi connectivity index (χ2v) is 3.65. The van der Waals surface area contributed by atoms with Gasteiger partial charge in [0.05, 0.1) is 5.54 Å². The number of aromatic nitrogens is 2. The molecule has 0 aromatic carbocycles. The molecule has 1 rings (SSSR count). The van der Waals surface area contributed by atoms with E-state index < -0.39 is 5.54 Å². The first kappa shape index (κ1) is 9.73. The van der Waals surface area contributed by atoms with Gasteiger partial charge in [-0.15, -0.1) is 5.10 Å². The number of anilines is 1. The van der Waals surface area contributed by atoms with E-state index in [4.69, 9.17) is 11.5 Å². The van der Waals surface area contributed by atoms with E-state index in [1.807, 2.05) is 0 Å². The fourth-order valence-corrected chi connectivity index (χ4v) is 0.977. The Kier molecular flexibility index (Phi) is 2.13. The van der Waals surface area contributed by atoms with Gasteiger partial charge in [0.15, 0.2) is 0 Å². The Balaban J connectivity index is 3.09. The molecule has 13 heavy (non-hydrogen) atoms. The smallest absolute Gasteiger partial charge is 0.266 e. The van der Waals surface area contributed by atoms with Gasteiger partial charge in [0.25, 0.3) is 5.91 Å². The minimum atomic E-state index is -0.927. The van der Waals surface area contributed by atoms with Crippen LogP contribution in [0.5, 0.6) is 0 Å². The molecule has 0 saturated carbocycles. The summed E-state index contributed by atoms with van der Waals surface area (Å²) in [5.74, 6) is 0.0665. The largest absolute Gasteiger partial charge is 0.382 e. The number of carbonyl (C=O) groups is 1. The third kappa shape index (κ3) is 1.86. The number of nitrogen functional groups attached to an aromatic ring is 1. The van der Waals surface area contributed by atoms with Gasteiger partial charge in [-0.3, -0.25) is 4.79 Å². The third-order valence-electron chi connectivity index (χ3n) is 1.65. The molecule has 0 unspecified atom stereocenters. The van der Waals surface area contributed by atoms with Crippen LogP contribution in [0.4, 0.5) is 5.82 Å². The third-order valence-corrected chi connectivity index (χ3v) is 1.65. The van der Waals surface area contributed by atoms with Crippen LogP contribution in [-0.2, 0) is 0 Å². The molecular weight excluding hydrogens is 168 g/mol. The van der Waals surface area contributed by atoms with Crippen LogP contribution in [0.25, 0.3) is 0 Å². The standard InChI is InChI=1S/C8H14N4O/c1-5-4-6(9)11-12(5)7(13)8(2,3)10/h4H,10H2,1-3H3,(H2,9,11). The van der Waals surface area contributed by atoms with Crippen LogP contribution in [0.3, 0.4) is 0 Å². The molecule has 0 atom stereocenters. The molecule has 1 heterocycles. The second-order valence-electron chi connectivity index (χ2n) is 3.65. The van der Waals surface area contributed by atoms with E-state index in [-0.39, 0.29) is 5.91 Å². The average Bonchev–Trinajstić information content (AvgIpc) is 2.26. The van der Waals surface area contributed by atoms with Gasteiger partial charge >= 0.3 is 0 Å². The molecular formula is C8H14N4O. The highest BCUT2D eigenvalue weighted by Crippen LogP contribution is 2.08. The van der Waals surface area contributed by atoms with Crippen LogP contribution < -0.4 is 11.5 Å². The van der Waals surface area contributed by atoms with Crippen LogP contribution in [0, 0.1) is 6.92 Å². The zero-order valence-electron chi connectivity index (χ0n) is 8.03. The fourth-order valence-electron chi connectivity index (χ4n) is 0.977. The lowest BCUT2D eigenvalue weighted by Crippen LogP contribution is -2.45. The highest BCUT2D eigenvalue weighted by molar-refractivity contribution is 5.87. The van der Waals surface area contributed by atoms with Crippen LogP contribution >= 0.6 is 0 Å². The van der Waals surface area contributed by atoms with Crippen molar-refractivity contribution in [3.05, 3.63) is 11.8 Å². The predicted molar refractivity (Wildman–Crippen MR) is 50.3 cm³/mol. The van der Waals surface area contributed by atoms with E-state index in [9.17, 15) is 4.79 Å². The molecule has 4 N–H and O–H groups in total. The topological polar surface area (TPSA) is 86.9 Å². The first-order valence-electron chi connectivity index (χ1n) is 3.98. The second kappa shape index (κ2) is 2.85. The van der Waals surface area contributed by atoms with E-state index in [0.29, 0.717) is 11.5 Å². The van der Waals surface area contributed by atoms with Gasteiger partial charge in [-0.2, -0.15) is 0 Å². The van der Waals surface area contributed by atoms with E-state index in [1.54, 1.807) is 26.8 Å². The number of rotatable bonds is 1. The lowest BCUT2D eigenvalue weighted by atomic mass is 10.1.